The molecule has 372 valence electrons. The Morgan fingerprint density at radius 2 is 0.847 bits per heavy atom. The Labute approximate surface area is 399 Å². The van der Waals surface area contributed by atoms with Gasteiger partial charge in [0.1, 0.15) is 49.1 Å². The molecule has 0 saturated carbocycles. The van der Waals surface area contributed by atoms with E-state index in [9.17, 15) is 40.9 Å². The number of hydrogen-bond acceptors (Lipinski definition) is 12. The summed E-state index contributed by atoms with van der Waals surface area (Å²) in [6.07, 6.45) is -5.43. The van der Waals surface area contributed by atoms with E-state index in [0.717, 1.165) is 12.1 Å². The average Bonchev–Trinajstić information content (AvgIpc) is 4.20. The number of nitrogens with one attached hydrogen (secondary N) is 2. The number of phenols is 2. The van der Waals surface area contributed by atoms with E-state index < -0.39 is 148 Å². The molecule has 0 spiro atoms. The number of benzene rings is 4. The highest BCUT2D eigenvalue weighted by Crippen LogP contribution is 2.48. The van der Waals surface area contributed by atoms with Crippen LogP contribution in [0.4, 0.5) is 35.1 Å². The van der Waals surface area contributed by atoms with Gasteiger partial charge in [-0.3, -0.25) is 4.98 Å². The summed E-state index contributed by atoms with van der Waals surface area (Å²) in [5, 5.41) is 83.0. The van der Waals surface area contributed by atoms with Gasteiger partial charge in [0.2, 0.25) is 23.3 Å². The lowest BCUT2D eigenvalue weighted by Gasteiger charge is -2.16. The number of nitrogens with zero attached hydrogens (tertiary/aromatic N) is 2. The fourth-order valence-electron chi connectivity index (χ4n) is 8.37. The largest absolute Gasteiger partial charge is 0.508 e. The van der Waals surface area contributed by atoms with Crippen LogP contribution in [0.2, 0.25) is 0 Å². The molecular weight excluding hydrogens is 969 g/mol. The zero-order valence-electron chi connectivity index (χ0n) is 36.5. The van der Waals surface area contributed by atoms with Gasteiger partial charge in [0.05, 0.1) is 47.1 Å². The van der Waals surface area contributed by atoms with Crippen LogP contribution < -0.4 is 9.47 Å². The molecule has 5 heterocycles. The third kappa shape index (κ3) is 8.52. The zero-order chi connectivity index (χ0) is 51.4. The molecule has 9 rings (SSSR count). The van der Waals surface area contributed by atoms with E-state index in [1.807, 2.05) is 0 Å². The van der Waals surface area contributed by atoms with Crippen molar-refractivity contribution in [1.29, 1.82) is 0 Å². The van der Waals surface area contributed by atoms with E-state index in [-0.39, 0.29) is 61.7 Å². The Hall–Kier alpha value is -7.86. The fourth-order valence-corrected chi connectivity index (χ4v) is 8.37. The minimum absolute atomic E-state index is 0.00365. The van der Waals surface area contributed by atoms with Gasteiger partial charge in [-0.2, -0.15) is 17.6 Å². The van der Waals surface area contributed by atoms with Crippen molar-refractivity contribution < 1.29 is 85.4 Å². The van der Waals surface area contributed by atoms with Gasteiger partial charge in [0.25, 0.3) is 0 Å². The van der Waals surface area contributed by atoms with Crippen molar-refractivity contribution in [1.82, 2.24) is 19.9 Å². The molecule has 8 bridgehead atoms. The number of aliphatic hydroxyl groups is 6. The standard InChI is InChI=1S/C50H36F8N4O10/c51-37-35(38(52)42(56)49(41(37)55)71-17-23(67)15-63)33-28-10-7-25(59-28)31(19-3-1-5-21(65)13-19)26-8-12-30(60-26)34(36-39(53)43(57)50(44(58)40(36)54)72-18-24(68)16-64)46-48(70)47(69)45(62-46)32(27-9-11-29(33)61-27)20-4-2-6-22(66)14-20/h1-14,23-24,47-48,60-61,63-70H,15-18H2/t23?,24?,47-,48+/m0/s1. The molecule has 14 nitrogen and oxygen atoms in total. The Morgan fingerprint density at radius 3 is 1.29 bits per heavy atom. The van der Waals surface area contributed by atoms with Crippen LogP contribution in [0.3, 0.4) is 0 Å². The maximum Gasteiger partial charge on any atom is 0.204 e. The summed E-state index contributed by atoms with van der Waals surface area (Å²) in [7, 11) is 0. The van der Waals surface area contributed by atoms with Gasteiger partial charge < -0.3 is 60.3 Å². The van der Waals surface area contributed by atoms with Gasteiger partial charge in [-0.05, 0) is 71.8 Å². The van der Waals surface area contributed by atoms with Crippen LogP contribution >= 0.6 is 0 Å². The number of fused-ring (bicyclic) bond motifs is 8. The van der Waals surface area contributed by atoms with Crippen LogP contribution in [-0.2, 0) is 0 Å². The quantitative estimate of drug-likeness (QED) is 0.0415. The average molecular weight is 1000 g/mol. The number of ether oxygens (including phenoxy) is 2. The van der Waals surface area contributed by atoms with Crippen molar-refractivity contribution in [2.45, 2.75) is 24.4 Å². The molecular formula is C50H36F8N4O10. The van der Waals surface area contributed by atoms with E-state index in [4.69, 9.17) is 9.47 Å². The van der Waals surface area contributed by atoms with Crippen LogP contribution in [0.1, 0.15) is 35.0 Å². The number of hydrogen-bond donors (Lipinski definition) is 10. The van der Waals surface area contributed by atoms with E-state index in [0.29, 0.717) is 0 Å². The second-order valence-corrected chi connectivity index (χ2v) is 16.4. The second-order valence-electron chi connectivity index (χ2n) is 16.4. The third-order valence-electron chi connectivity index (χ3n) is 11.7. The summed E-state index contributed by atoms with van der Waals surface area (Å²) in [5.41, 5.74) is -7.33. The highest BCUT2D eigenvalue weighted by molar-refractivity contribution is 5.98. The molecule has 22 heteroatoms. The number of aliphatic hydroxyl groups excluding tert-OH is 6. The Bertz CT molecular complexity index is 3470. The molecule has 72 heavy (non-hydrogen) atoms. The number of aromatic nitrogens is 4. The summed E-state index contributed by atoms with van der Waals surface area (Å²) in [6.45, 7) is -3.87. The molecule has 0 amide bonds. The van der Waals surface area contributed by atoms with Crippen LogP contribution in [-0.4, -0.2) is 99.4 Å². The Morgan fingerprint density at radius 1 is 0.472 bits per heavy atom. The predicted octanol–water partition coefficient (Wildman–Crippen LogP) is 7.91. The second kappa shape index (κ2) is 19.4. The number of halogens is 8. The molecule has 7 aromatic rings. The van der Waals surface area contributed by atoms with Crippen molar-refractivity contribution in [3.63, 3.8) is 0 Å². The van der Waals surface area contributed by atoms with Gasteiger partial charge in [0, 0.05) is 44.3 Å². The Kier molecular flexibility index (Phi) is 13.2. The zero-order valence-corrected chi connectivity index (χ0v) is 36.5. The molecule has 0 fully saturated rings. The maximum absolute atomic E-state index is 16.6. The summed E-state index contributed by atoms with van der Waals surface area (Å²) >= 11 is 0. The molecule has 4 atom stereocenters. The summed E-state index contributed by atoms with van der Waals surface area (Å²) in [5.74, 6) is -20.4. The van der Waals surface area contributed by atoms with Gasteiger partial charge >= 0.3 is 0 Å². The SMILES string of the molecule is OCC(O)COc1c(F)c(F)c(-c2c3nc(c(-c4cccc(O)c4)c4ccc([nH]4)c(-c4c(F)c(F)c(OCC(O)CO)c(F)c4F)c4nc(c(-c5cccc(O)c5)c5ccc2[nH]5)[C@H](O)[C@@H]4O)C=C3)c(F)c1F. The van der Waals surface area contributed by atoms with Crippen LogP contribution in [0.25, 0.3) is 78.7 Å². The monoisotopic (exact) mass is 1000 g/mol. The maximum atomic E-state index is 16.6. The van der Waals surface area contributed by atoms with E-state index in [2.05, 4.69) is 19.9 Å². The first-order valence-electron chi connectivity index (χ1n) is 21.4. The number of H-pyrrole nitrogens is 2. The first-order valence-corrected chi connectivity index (χ1v) is 21.4. The van der Waals surface area contributed by atoms with Crippen molar-refractivity contribution in [3.05, 3.63) is 142 Å². The minimum atomic E-state index is -2.30. The molecule has 4 aromatic carbocycles. The molecule has 3 aromatic heterocycles. The van der Waals surface area contributed by atoms with E-state index in [1.165, 1.54) is 72.8 Å². The lowest BCUT2D eigenvalue weighted by atomic mass is 9.96. The Balaban J connectivity index is 1.47. The molecule has 0 aliphatic carbocycles. The van der Waals surface area contributed by atoms with Crippen molar-refractivity contribution in [2.24, 2.45) is 0 Å². The number of aromatic amines is 2. The van der Waals surface area contributed by atoms with Crippen LogP contribution in [0, 0.1) is 46.5 Å². The van der Waals surface area contributed by atoms with Gasteiger partial charge in [0.15, 0.2) is 34.8 Å². The predicted molar refractivity (Wildman–Crippen MR) is 242 cm³/mol. The van der Waals surface area contributed by atoms with Crippen molar-refractivity contribution >= 4 is 34.2 Å². The smallest absolute Gasteiger partial charge is 0.204 e. The highest BCUT2D eigenvalue weighted by atomic mass is 19.2. The van der Waals surface area contributed by atoms with Gasteiger partial charge in [-0.1, -0.05) is 24.3 Å². The number of phenolic OH excluding ortho intramolecular Hbond substituents is 2. The summed E-state index contributed by atoms with van der Waals surface area (Å²) < 4.78 is 140. The minimum Gasteiger partial charge on any atom is -0.508 e. The van der Waals surface area contributed by atoms with Gasteiger partial charge in [-0.25, -0.2) is 22.5 Å². The normalized spacial score (nSPS) is 15.2. The molecule has 0 radical (unpaired) electrons. The van der Waals surface area contributed by atoms with Crippen molar-refractivity contribution in [3.8, 4) is 67.5 Å². The molecule has 10 N–H and O–H groups in total. The fraction of sp³-hybridized carbons (Fsp3) is 0.160. The molecule has 2 aliphatic heterocycles. The van der Waals surface area contributed by atoms with Crippen LogP contribution in [0.5, 0.6) is 23.0 Å². The highest BCUT2D eigenvalue weighted by Gasteiger charge is 2.38. The first kappa shape index (κ1) is 49.1. The lowest BCUT2D eigenvalue weighted by molar-refractivity contribution is 0.0259. The van der Waals surface area contributed by atoms with Crippen molar-refractivity contribution in [2.75, 3.05) is 26.4 Å². The third-order valence-corrected chi connectivity index (χ3v) is 11.7. The lowest BCUT2D eigenvalue weighted by Crippen LogP contribution is -2.22. The molecule has 2 unspecified atom stereocenters. The summed E-state index contributed by atoms with van der Waals surface area (Å²) in [6, 6.07) is 15.3. The first-order chi connectivity index (χ1) is 34.4. The van der Waals surface area contributed by atoms with Crippen LogP contribution in [0.15, 0.2) is 72.8 Å². The number of aromatic hydroxyl groups is 2. The van der Waals surface area contributed by atoms with E-state index >= 15 is 35.1 Å². The van der Waals surface area contributed by atoms with Gasteiger partial charge in [-0.15, -0.1) is 0 Å². The van der Waals surface area contributed by atoms with E-state index in [1.54, 1.807) is 0 Å². The molecule has 0 saturated heterocycles. The number of rotatable bonds is 12. The molecule has 2 aliphatic rings. The summed E-state index contributed by atoms with van der Waals surface area (Å²) in [4.78, 5) is 14.8. The topological polar surface area (TPSA) is 238 Å².